The van der Waals surface area contributed by atoms with Crippen LogP contribution in [0.1, 0.15) is 17.3 Å². The number of halogens is 1. The molecule has 1 heterocycles. The summed E-state index contributed by atoms with van der Waals surface area (Å²) in [6, 6.07) is 10.6. The van der Waals surface area contributed by atoms with Gasteiger partial charge in [-0.1, -0.05) is 22.0 Å². The molecule has 2 rings (SSSR count). The second-order valence-corrected chi connectivity index (χ2v) is 5.76. The van der Waals surface area contributed by atoms with E-state index in [0.717, 1.165) is 4.47 Å². The maximum atomic E-state index is 12.0. The number of hydrogen-bond donors (Lipinski definition) is 2. The van der Waals surface area contributed by atoms with Crippen molar-refractivity contribution < 1.29 is 19.1 Å². The Balaban J connectivity index is 1.80. The second-order valence-electron chi connectivity index (χ2n) is 4.85. The molecule has 1 aromatic carbocycles. The van der Waals surface area contributed by atoms with Gasteiger partial charge in [0, 0.05) is 29.8 Å². The van der Waals surface area contributed by atoms with Crippen molar-refractivity contribution in [1.82, 2.24) is 15.6 Å². The Hall–Kier alpha value is -2.61. The summed E-state index contributed by atoms with van der Waals surface area (Å²) in [4.78, 5) is 27.2. The van der Waals surface area contributed by atoms with Crippen LogP contribution in [0.5, 0.6) is 11.6 Å². The van der Waals surface area contributed by atoms with Crippen LogP contribution in [0.15, 0.2) is 47.1 Å². The summed E-state index contributed by atoms with van der Waals surface area (Å²) >= 11 is 3.37. The van der Waals surface area contributed by atoms with E-state index in [2.05, 4.69) is 31.5 Å². The topological polar surface area (TPSA) is 89.6 Å². The zero-order valence-corrected chi connectivity index (χ0v) is 15.2. The van der Waals surface area contributed by atoms with Crippen LogP contribution in [-0.4, -0.2) is 36.7 Å². The number of rotatable bonds is 7. The molecular weight excluding hydrogens is 390 g/mol. The quantitative estimate of drug-likeness (QED) is 0.688. The van der Waals surface area contributed by atoms with Crippen molar-refractivity contribution in [2.75, 3.05) is 19.7 Å². The first kappa shape index (κ1) is 18.7. The van der Waals surface area contributed by atoms with E-state index in [1.54, 1.807) is 19.1 Å². The summed E-state index contributed by atoms with van der Waals surface area (Å²) in [5, 5.41) is 5.19. The van der Waals surface area contributed by atoms with Crippen molar-refractivity contribution in [2.45, 2.75) is 6.92 Å². The molecule has 0 aliphatic carbocycles. The lowest BCUT2D eigenvalue weighted by atomic mass is 10.2. The highest BCUT2D eigenvalue weighted by atomic mass is 79.9. The Labute approximate surface area is 153 Å². The number of ether oxygens (including phenoxy) is 2. The Morgan fingerprint density at radius 3 is 2.64 bits per heavy atom. The first-order valence-electron chi connectivity index (χ1n) is 7.67. The number of alkyl carbamates (subject to hydrolysis) is 1. The largest absolute Gasteiger partial charge is 0.450 e. The molecule has 2 N–H and O–H groups in total. The van der Waals surface area contributed by atoms with Crippen molar-refractivity contribution in [1.29, 1.82) is 0 Å². The molecule has 0 bridgehead atoms. The van der Waals surface area contributed by atoms with Crippen molar-refractivity contribution in [3.05, 3.63) is 52.6 Å². The van der Waals surface area contributed by atoms with Crippen LogP contribution in [0.2, 0.25) is 0 Å². The van der Waals surface area contributed by atoms with Crippen molar-refractivity contribution in [3.63, 3.8) is 0 Å². The minimum absolute atomic E-state index is 0.280. The van der Waals surface area contributed by atoms with Gasteiger partial charge in [-0.25, -0.2) is 9.78 Å². The molecule has 132 valence electrons. The van der Waals surface area contributed by atoms with Gasteiger partial charge in [-0.2, -0.15) is 0 Å². The summed E-state index contributed by atoms with van der Waals surface area (Å²) in [6.07, 6.45) is 0.925. The van der Waals surface area contributed by atoms with Crippen LogP contribution in [0.25, 0.3) is 0 Å². The van der Waals surface area contributed by atoms with Crippen LogP contribution in [0.4, 0.5) is 4.79 Å². The third-order valence-electron chi connectivity index (χ3n) is 2.97. The standard InChI is InChI=1S/C17H18BrN3O4/c1-2-24-17(23)20-9-8-19-16(22)12-6-7-15(21-11-12)25-14-5-3-4-13(18)10-14/h3-7,10-11H,2,8-9H2,1H3,(H,19,22)(H,20,23). The van der Waals surface area contributed by atoms with Crippen molar-refractivity contribution in [2.24, 2.45) is 0 Å². The zero-order chi connectivity index (χ0) is 18.1. The van der Waals surface area contributed by atoms with Crippen LogP contribution < -0.4 is 15.4 Å². The monoisotopic (exact) mass is 407 g/mol. The zero-order valence-electron chi connectivity index (χ0n) is 13.6. The maximum absolute atomic E-state index is 12.0. The van der Waals surface area contributed by atoms with E-state index in [1.807, 2.05) is 24.3 Å². The number of amides is 2. The number of benzene rings is 1. The highest BCUT2D eigenvalue weighted by molar-refractivity contribution is 9.10. The lowest BCUT2D eigenvalue weighted by molar-refractivity contribution is 0.0952. The Bertz CT molecular complexity index is 722. The Morgan fingerprint density at radius 1 is 1.16 bits per heavy atom. The number of hydrogen-bond acceptors (Lipinski definition) is 5. The fraction of sp³-hybridized carbons (Fsp3) is 0.235. The third-order valence-corrected chi connectivity index (χ3v) is 3.47. The minimum atomic E-state index is -0.507. The average molecular weight is 408 g/mol. The number of pyridine rings is 1. The van der Waals surface area contributed by atoms with Crippen molar-refractivity contribution >= 4 is 27.9 Å². The van der Waals surface area contributed by atoms with Gasteiger partial charge in [0.1, 0.15) is 5.75 Å². The molecule has 7 nitrogen and oxygen atoms in total. The predicted octanol–water partition coefficient (Wildman–Crippen LogP) is 3.11. The van der Waals surface area contributed by atoms with Crippen LogP contribution in [-0.2, 0) is 4.74 Å². The van der Waals surface area contributed by atoms with E-state index in [1.165, 1.54) is 6.20 Å². The number of aromatic nitrogens is 1. The molecular formula is C17H18BrN3O4. The van der Waals surface area contributed by atoms with Gasteiger partial charge in [0.15, 0.2) is 0 Å². The fourth-order valence-electron chi connectivity index (χ4n) is 1.85. The highest BCUT2D eigenvalue weighted by Crippen LogP contribution is 2.22. The number of nitrogens with zero attached hydrogens (tertiary/aromatic N) is 1. The van der Waals surface area contributed by atoms with E-state index in [0.29, 0.717) is 23.8 Å². The summed E-state index contributed by atoms with van der Waals surface area (Å²) in [7, 11) is 0. The molecule has 0 atom stereocenters. The molecule has 0 spiro atoms. The van der Waals surface area contributed by atoms with E-state index in [-0.39, 0.29) is 19.0 Å². The van der Waals surface area contributed by atoms with Gasteiger partial charge < -0.3 is 20.1 Å². The van der Waals surface area contributed by atoms with Gasteiger partial charge in [0.2, 0.25) is 5.88 Å². The normalized spacial score (nSPS) is 10.0. The van der Waals surface area contributed by atoms with Crippen LogP contribution in [0, 0.1) is 0 Å². The molecule has 0 radical (unpaired) electrons. The smallest absolute Gasteiger partial charge is 0.407 e. The van der Waals surface area contributed by atoms with E-state index in [4.69, 9.17) is 9.47 Å². The molecule has 0 fully saturated rings. The average Bonchev–Trinajstić information content (AvgIpc) is 2.59. The molecule has 1 aromatic heterocycles. The van der Waals surface area contributed by atoms with Gasteiger partial charge in [-0.05, 0) is 31.2 Å². The lowest BCUT2D eigenvalue weighted by Crippen LogP contribution is -2.35. The Morgan fingerprint density at radius 2 is 1.96 bits per heavy atom. The number of carbonyl (C=O) groups is 2. The van der Waals surface area contributed by atoms with E-state index in [9.17, 15) is 9.59 Å². The minimum Gasteiger partial charge on any atom is -0.450 e. The summed E-state index contributed by atoms with van der Waals surface area (Å²) < 4.78 is 11.2. The van der Waals surface area contributed by atoms with Crippen molar-refractivity contribution in [3.8, 4) is 11.6 Å². The fourth-order valence-corrected chi connectivity index (χ4v) is 2.23. The third kappa shape index (κ3) is 6.42. The number of carbonyl (C=O) groups excluding carboxylic acids is 2. The molecule has 0 aliphatic heterocycles. The molecule has 0 aliphatic rings. The van der Waals surface area contributed by atoms with Gasteiger partial charge in [0.25, 0.3) is 5.91 Å². The van der Waals surface area contributed by atoms with Gasteiger partial charge in [-0.3, -0.25) is 4.79 Å². The van der Waals surface area contributed by atoms with Gasteiger partial charge in [0.05, 0.1) is 12.2 Å². The lowest BCUT2D eigenvalue weighted by Gasteiger charge is -2.08. The number of nitrogens with one attached hydrogen (secondary N) is 2. The molecule has 25 heavy (non-hydrogen) atoms. The van der Waals surface area contributed by atoms with Gasteiger partial charge in [-0.15, -0.1) is 0 Å². The SMILES string of the molecule is CCOC(=O)NCCNC(=O)c1ccc(Oc2cccc(Br)c2)nc1. The summed E-state index contributed by atoms with van der Waals surface area (Å²) in [5.74, 6) is 0.745. The van der Waals surface area contributed by atoms with Gasteiger partial charge >= 0.3 is 6.09 Å². The highest BCUT2D eigenvalue weighted by Gasteiger charge is 2.07. The molecule has 0 saturated carbocycles. The molecule has 2 amide bonds. The summed E-state index contributed by atoms with van der Waals surface area (Å²) in [5.41, 5.74) is 0.401. The maximum Gasteiger partial charge on any atom is 0.407 e. The second kappa shape index (κ2) is 9.63. The predicted molar refractivity (Wildman–Crippen MR) is 95.8 cm³/mol. The van der Waals surface area contributed by atoms with Crippen LogP contribution in [0.3, 0.4) is 0 Å². The van der Waals surface area contributed by atoms with E-state index >= 15 is 0 Å². The first-order valence-corrected chi connectivity index (χ1v) is 8.46. The molecule has 0 saturated heterocycles. The summed E-state index contributed by atoms with van der Waals surface area (Å²) in [6.45, 7) is 2.59. The first-order chi connectivity index (χ1) is 12.1. The molecule has 2 aromatic rings. The van der Waals surface area contributed by atoms with E-state index < -0.39 is 6.09 Å². The molecule has 0 unspecified atom stereocenters. The molecule has 8 heteroatoms. The van der Waals surface area contributed by atoms with Crippen LogP contribution >= 0.6 is 15.9 Å². The Kier molecular flexibility index (Phi) is 7.21.